The van der Waals surface area contributed by atoms with Gasteiger partial charge in [-0.25, -0.2) is 9.67 Å². The molecule has 1 aliphatic heterocycles. The number of amides is 2. The predicted molar refractivity (Wildman–Crippen MR) is 145 cm³/mol. The van der Waals surface area contributed by atoms with Crippen molar-refractivity contribution >= 4 is 55.6 Å². The quantitative estimate of drug-likeness (QED) is 0.369. The molecule has 2 N–H and O–H groups in total. The second-order valence-corrected chi connectivity index (χ2v) is 10.5. The first-order valence-corrected chi connectivity index (χ1v) is 13.5. The van der Waals surface area contributed by atoms with Gasteiger partial charge in [0.05, 0.1) is 16.6 Å². The number of nitrogens with zero attached hydrogens (tertiary/aromatic N) is 7. The van der Waals surface area contributed by atoms with Gasteiger partial charge in [-0.3, -0.25) is 14.6 Å². The topological polar surface area (TPSA) is 129 Å². The van der Waals surface area contributed by atoms with Crippen LogP contribution in [-0.4, -0.2) is 90.3 Å². The molecule has 38 heavy (non-hydrogen) atoms. The molecule has 6 rings (SSSR count). The van der Waals surface area contributed by atoms with Gasteiger partial charge in [-0.2, -0.15) is 10.1 Å². The number of nitrogens with one attached hydrogen (secondary N) is 1. The summed E-state index contributed by atoms with van der Waals surface area (Å²) in [6.07, 6.45) is 5.88. The maximum absolute atomic E-state index is 13.1. The molecular formula is C26H27BrN8O3. The monoisotopic (exact) mass is 578 g/mol. The first-order chi connectivity index (χ1) is 18.5. The Kier molecular flexibility index (Phi) is 6.66. The lowest BCUT2D eigenvalue weighted by Gasteiger charge is -2.35. The lowest BCUT2D eigenvalue weighted by atomic mass is 10.1. The van der Waals surface area contributed by atoms with Crippen molar-refractivity contribution in [2.24, 2.45) is 5.92 Å². The van der Waals surface area contributed by atoms with E-state index in [2.05, 4.69) is 36.3 Å². The van der Waals surface area contributed by atoms with Gasteiger partial charge in [0.1, 0.15) is 11.2 Å². The Hall–Kier alpha value is -3.64. The van der Waals surface area contributed by atoms with Gasteiger partial charge in [0.15, 0.2) is 5.65 Å². The largest absolute Gasteiger partial charge is 0.387 e. The number of aromatic nitrogens is 5. The first-order valence-electron chi connectivity index (χ1n) is 12.7. The molecule has 1 saturated heterocycles. The molecule has 3 aromatic heterocycles. The number of carbonyl (C=O) groups excluding carboxylic acids is 2. The van der Waals surface area contributed by atoms with E-state index in [0.717, 1.165) is 34.8 Å². The minimum absolute atomic E-state index is 0.0674. The van der Waals surface area contributed by atoms with Crippen LogP contribution >= 0.6 is 15.9 Å². The Balaban J connectivity index is 1.15. The molecule has 196 valence electrons. The average Bonchev–Trinajstić information content (AvgIpc) is 3.56. The van der Waals surface area contributed by atoms with Crippen LogP contribution in [0.4, 0.5) is 5.95 Å². The van der Waals surface area contributed by atoms with E-state index in [1.165, 1.54) is 0 Å². The fourth-order valence-corrected chi connectivity index (χ4v) is 5.81. The normalized spacial score (nSPS) is 19.8. The third kappa shape index (κ3) is 4.69. The van der Waals surface area contributed by atoms with E-state index in [0.29, 0.717) is 48.8 Å². The third-order valence-electron chi connectivity index (χ3n) is 7.40. The molecule has 11 nitrogen and oxygen atoms in total. The molecule has 0 spiro atoms. The number of carbonyl (C=O) groups is 2. The van der Waals surface area contributed by atoms with Gasteiger partial charge in [-0.1, -0.05) is 6.07 Å². The van der Waals surface area contributed by atoms with E-state index in [1.54, 1.807) is 22.0 Å². The highest BCUT2D eigenvalue weighted by Gasteiger charge is 2.34. The summed E-state index contributed by atoms with van der Waals surface area (Å²) in [5.74, 6) is 0.282. The van der Waals surface area contributed by atoms with Crippen molar-refractivity contribution in [3.8, 4) is 5.69 Å². The summed E-state index contributed by atoms with van der Waals surface area (Å²) in [5, 5.41) is 18.9. The minimum atomic E-state index is -0.491. The number of benzene rings is 1. The Morgan fingerprint density at radius 1 is 1.08 bits per heavy atom. The predicted octanol–water partition coefficient (Wildman–Crippen LogP) is 2.37. The molecular weight excluding hydrogens is 552 g/mol. The molecule has 0 unspecified atom stereocenters. The highest BCUT2D eigenvalue weighted by atomic mass is 79.9. The van der Waals surface area contributed by atoms with Gasteiger partial charge in [-0.05, 0) is 59.5 Å². The van der Waals surface area contributed by atoms with Crippen LogP contribution in [0.5, 0.6) is 0 Å². The highest BCUT2D eigenvalue weighted by Crippen LogP contribution is 2.31. The van der Waals surface area contributed by atoms with Crippen molar-refractivity contribution in [1.82, 2.24) is 34.5 Å². The van der Waals surface area contributed by atoms with Crippen molar-refractivity contribution in [3.63, 3.8) is 0 Å². The van der Waals surface area contributed by atoms with Crippen LogP contribution in [0.15, 0.2) is 47.3 Å². The van der Waals surface area contributed by atoms with Crippen LogP contribution in [0.25, 0.3) is 27.6 Å². The van der Waals surface area contributed by atoms with Gasteiger partial charge in [0.25, 0.3) is 0 Å². The number of hydrogen-bond donors (Lipinski definition) is 2. The van der Waals surface area contributed by atoms with Crippen molar-refractivity contribution in [2.45, 2.75) is 25.3 Å². The summed E-state index contributed by atoms with van der Waals surface area (Å²) in [6, 6.07) is 9.97. The van der Waals surface area contributed by atoms with Crippen LogP contribution in [-0.2, 0) is 9.59 Å². The molecule has 1 aromatic carbocycles. The van der Waals surface area contributed by atoms with Crippen molar-refractivity contribution in [3.05, 3.63) is 47.3 Å². The fourth-order valence-electron chi connectivity index (χ4n) is 5.37. The number of halogens is 1. The van der Waals surface area contributed by atoms with Crippen LogP contribution in [0.2, 0.25) is 0 Å². The number of piperazine rings is 1. The molecule has 2 aliphatic rings. The Morgan fingerprint density at radius 3 is 2.71 bits per heavy atom. The second kappa shape index (κ2) is 10.3. The molecule has 0 bridgehead atoms. The highest BCUT2D eigenvalue weighted by molar-refractivity contribution is 9.10. The molecule has 0 radical (unpaired) electrons. The molecule has 2 fully saturated rings. The number of fused-ring (bicyclic) bond motifs is 2. The zero-order valence-corrected chi connectivity index (χ0v) is 22.2. The first kappa shape index (κ1) is 24.7. The summed E-state index contributed by atoms with van der Waals surface area (Å²) >= 11 is 3.53. The maximum atomic E-state index is 13.1. The molecule has 2 amide bonds. The number of aliphatic hydroxyl groups excluding tert-OH is 1. The third-order valence-corrected chi connectivity index (χ3v) is 7.99. The Labute approximate surface area is 227 Å². The van der Waals surface area contributed by atoms with Crippen molar-refractivity contribution < 1.29 is 14.7 Å². The van der Waals surface area contributed by atoms with Gasteiger partial charge in [-0.15, -0.1) is 0 Å². The number of pyridine rings is 1. The number of anilines is 1. The zero-order valence-electron chi connectivity index (χ0n) is 20.6. The van der Waals surface area contributed by atoms with E-state index in [4.69, 9.17) is 10.1 Å². The van der Waals surface area contributed by atoms with Crippen LogP contribution in [0.1, 0.15) is 19.3 Å². The van der Waals surface area contributed by atoms with E-state index < -0.39 is 6.61 Å². The summed E-state index contributed by atoms with van der Waals surface area (Å²) in [4.78, 5) is 41.9. The smallest absolute Gasteiger partial charge is 0.248 e. The summed E-state index contributed by atoms with van der Waals surface area (Å²) < 4.78 is 2.46. The summed E-state index contributed by atoms with van der Waals surface area (Å²) in [6.45, 7) is 1.44. The van der Waals surface area contributed by atoms with E-state index in [-0.39, 0.29) is 23.8 Å². The van der Waals surface area contributed by atoms with Crippen LogP contribution in [0.3, 0.4) is 0 Å². The van der Waals surface area contributed by atoms with E-state index >= 15 is 0 Å². The Bertz CT molecular complexity index is 1520. The second-order valence-electron chi connectivity index (χ2n) is 9.73. The van der Waals surface area contributed by atoms with Crippen LogP contribution < -0.4 is 5.32 Å². The fraction of sp³-hybridized carbons (Fsp3) is 0.385. The molecule has 1 saturated carbocycles. The van der Waals surface area contributed by atoms with Crippen LogP contribution in [0, 0.1) is 5.92 Å². The molecule has 4 heterocycles. The molecule has 12 heteroatoms. The SMILES string of the molecule is O=C(CO)N1CCN(C(=O)[C@@H]2CC[C@@H](Nc3ncc4c(Br)nn(-c5ccc6ncccc6c5)c4n3)C2)CC1. The molecule has 4 aromatic rings. The lowest BCUT2D eigenvalue weighted by Crippen LogP contribution is -2.52. The average molecular weight is 579 g/mol. The molecule has 2 atom stereocenters. The number of rotatable bonds is 5. The van der Waals surface area contributed by atoms with Gasteiger partial charge < -0.3 is 20.2 Å². The van der Waals surface area contributed by atoms with E-state index in [9.17, 15) is 9.59 Å². The maximum Gasteiger partial charge on any atom is 0.248 e. The summed E-state index contributed by atoms with van der Waals surface area (Å²) in [5.41, 5.74) is 2.46. The number of aliphatic hydroxyl groups is 1. The number of hydrogen-bond acceptors (Lipinski definition) is 8. The van der Waals surface area contributed by atoms with Gasteiger partial charge >= 0.3 is 0 Å². The van der Waals surface area contributed by atoms with Crippen molar-refractivity contribution in [2.75, 3.05) is 38.1 Å². The van der Waals surface area contributed by atoms with E-state index in [1.807, 2.05) is 35.2 Å². The van der Waals surface area contributed by atoms with Gasteiger partial charge in [0, 0.05) is 55.9 Å². The molecule has 1 aliphatic carbocycles. The summed E-state index contributed by atoms with van der Waals surface area (Å²) in [7, 11) is 0. The van der Waals surface area contributed by atoms with Crippen molar-refractivity contribution in [1.29, 1.82) is 0 Å². The minimum Gasteiger partial charge on any atom is -0.387 e. The van der Waals surface area contributed by atoms with Gasteiger partial charge in [0.2, 0.25) is 17.8 Å². The zero-order chi connectivity index (χ0) is 26.2. The standard InChI is InChI=1S/C26H27BrN8O3/c27-23-20-14-29-26(31-24(20)35(32-23)19-5-6-21-16(13-19)2-1-7-28-21)30-18-4-3-17(12-18)25(38)34-10-8-33(9-11-34)22(37)15-36/h1-2,5-7,13-14,17-18,36H,3-4,8-12,15H2,(H,29,30,31)/t17-,18-/m1/s1. The Morgan fingerprint density at radius 2 is 1.89 bits per heavy atom. The lowest BCUT2D eigenvalue weighted by molar-refractivity contribution is -0.143.